The van der Waals surface area contributed by atoms with Crippen LogP contribution in [-0.4, -0.2) is 98.9 Å². The first kappa shape index (κ1) is 32.2. The van der Waals surface area contributed by atoms with E-state index >= 15 is 0 Å². The van der Waals surface area contributed by atoms with Gasteiger partial charge in [-0.25, -0.2) is 14.8 Å². The number of aromatic nitrogens is 2. The number of hydrogen-bond acceptors (Lipinski definition) is 8. The van der Waals surface area contributed by atoms with Gasteiger partial charge in [-0.3, -0.25) is 9.80 Å². The van der Waals surface area contributed by atoms with E-state index in [0.717, 1.165) is 94.4 Å². The molecular formula is C32H41Cl2N7O3. The number of hydrogen-bond donors (Lipinski definition) is 2. The number of ether oxygens (including phenoxy) is 2. The van der Waals surface area contributed by atoms with E-state index in [1.807, 2.05) is 30.3 Å². The predicted molar refractivity (Wildman–Crippen MR) is 175 cm³/mol. The van der Waals surface area contributed by atoms with Gasteiger partial charge in [0.25, 0.3) is 0 Å². The zero-order valence-corrected chi connectivity index (χ0v) is 26.9. The van der Waals surface area contributed by atoms with Crippen LogP contribution in [0.1, 0.15) is 18.4 Å². The number of nitrogens with one attached hydrogen (secondary N) is 2. The van der Waals surface area contributed by atoms with Gasteiger partial charge in [0.1, 0.15) is 11.6 Å². The van der Waals surface area contributed by atoms with Crippen LogP contribution in [0.2, 0.25) is 10.0 Å². The molecule has 2 fully saturated rings. The standard InChI is InChI=1S/C32H41Cl2N7O3/c1-35-32(42)37-20-23-5-7-40(8-6-23)22-24-15-29(25-17-26(33)19-27(34)18-25)38-31(16-24)44-28-3-4-30(36-21-28)41-11-9-39(10-12-41)13-14-43-2/h3-4,15-19,21,23H,5-14,20,22H2,1-2H3,(H2,35,37,42). The van der Waals surface area contributed by atoms with Crippen LogP contribution in [0.5, 0.6) is 11.6 Å². The largest absolute Gasteiger partial charge is 0.437 e. The van der Waals surface area contributed by atoms with Crippen molar-refractivity contribution in [1.82, 2.24) is 30.4 Å². The Balaban J connectivity index is 1.27. The van der Waals surface area contributed by atoms with Gasteiger partial charge in [-0.15, -0.1) is 0 Å². The smallest absolute Gasteiger partial charge is 0.314 e. The average Bonchev–Trinajstić information content (AvgIpc) is 3.03. The zero-order chi connectivity index (χ0) is 30.9. The molecule has 2 aromatic heterocycles. The molecule has 10 nitrogen and oxygen atoms in total. The fraction of sp³-hybridized carbons (Fsp3) is 0.469. The lowest BCUT2D eigenvalue weighted by Gasteiger charge is -2.35. The monoisotopic (exact) mass is 641 g/mol. The number of piperidine rings is 1. The lowest BCUT2D eigenvalue weighted by Crippen LogP contribution is -2.47. The third kappa shape index (κ3) is 9.18. The van der Waals surface area contributed by atoms with Crippen LogP contribution in [-0.2, 0) is 11.3 Å². The van der Waals surface area contributed by atoms with Crippen molar-refractivity contribution in [1.29, 1.82) is 0 Å². The van der Waals surface area contributed by atoms with Crippen LogP contribution in [0.4, 0.5) is 10.6 Å². The van der Waals surface area contributed by atoms with Gasteiger partial charge in [0.2, 0.25) is 5.88 Å². The molecule has 236 valence electrons. The number of pyridine rings is 2. The highest BCUT2D eigenvalue weighted by Crippen LogP contribution is 2.31. The molecule has 0 saturated carbocycles. The van der Waals surface area contributed by atoms with E-state index in [2.05, 4.69) is 31.4 Å². The Kier molecular flexibility index (Phi) is 11.5. The van der Waals surface area contributed by atoms with Crippen molar-refractivity contribution < 1.29 is 14.3 Å². The Morgan fingerprint density at radius 2 is 1.73 bits per heavy atom. The van der Waals surface area contributed by atoms with Crippen molar-refractivity contribution in [2.75, 3.05) is 78.0 Å². The molecule has 0 spiro atoms. The van der Waals surface area contributed by atoms with Gasteiger partial charge in [-0.2, -0.15) is 0 Å². The lowest BCUT2D eigenvalue weighted by atomic mass is 9.96. The lowest BCUT2D eigenvalue weighted by molar-refractivity contribution is 0.144. The van der Waals surface area contributed by atoms with Crippen molar-refractivity contribution in [3.05, 3.63) is 64.3 Å². The fourth-order valence-electron chi connectivity index (χ4n) is 5.65. The highest BCUT2D eigenvalue weighted by atomic mass is 35.5. The summed E-state index contributed by atoms with van der Waals surface area (Å²) in [5.41, 5.74) is 2.65. The number of benzene rings is 1. The molecular weight excluding hydrogens is 601 g/mol. The third-order valence-electron chi connectivity index (χ3n) is 8.16. The Labute approximate surface area is 269 Å². The van der Waals surface area contributed by atoms with E-state index in [1.54, 1.807) is 26.4 Å². The maximum absolute atomic E-state index is 11.6. The number of anilines is 1. The van der Waals surface area contributed by atoms with Gasteiger partial charge in [-0.1, -0.05) is 23.2 Å². The number of methoxy groups -OCH3 is 1. The maximum Gasteiger partial charge on any atom is 0.314 e. The Morgan fingerprint density at radius 3 is 2.39 bits per heavy atom. The Hall–Kier alpha value is -3.15. The van der Waals surface area contributed by atoms with Crippen molar-refractivity contribution in [3.8, 4) is 22.9 Å². The number of rotatable bonds is 11. The second-order valence-corrected chi connectivity index (χ2v) is 12.2. The van der Waals surface area contributed by atoms with Gasteiger partial charge in [0, 0.05) is 81.6 Å². The molecule has 0 bridgehead atoms. The summed E-state index contributed by atoms with van der Waals surface area (Å²) in [6.45, 7) is 8.87. The van der Waals surface area contributed by atoms with Gasteiger partial charge >= 0.3 is 6.03 Å². The van der Waals surface area contributed by atoms with Gasteiger partial charge < -0.3 is 25.0 Å². The van der Waals surface area contributed by atoms with E-state index in [0.29, 0.717) is 34.1 Å². The topological polar surface area (TPSA) is 95.1 Å². The third-order valence-corrected chi connectivity index (χ3v) is 8.60. The van der Waals surface area contributed by atoms with E-state index in [4.69, 9.17) is 42.6 Å². The second-order valence-electron chi connectivity index (χ2n) is 11.3. The van der Waals surface area contributed by atoms with Crippen LogP contribution in [0.15, 0.2) is 48.7 Å². The minimum absolute atomic E-state index is 0.133. The number of amides is 2. The quantitative estimate of drug-likeness (QED) is 0.297. The number of carbonyl (C=O) groups is 1. The van der Waals surface area contributed by atoms with Gasteiger partial charge in [-0.05, 0) is 73.8 Å². The van der Waals surface area contributed by atoms with E-state index in [1.165, 1.54) is 0 Å². The first-order chi connectivity index (χ1) is 21.4. The fourth-order valence-corrected chi connectivity index (χ4v) is 6.17. The van der Waals surface area contributed by atoms with Crippen LogP contribution in [0.25, 0.3) is 11.3 Å². The summed E-state index contributed by atoms with van der Waals surface area (Å²) in [5.74, 6) is 2.52. The number of halogens is 2. The van der Waals surface area contributed by atoms with Crippen molar-refractivity contribution >= 4 is 35.1 Å². The summed E-state index contributed by atoms with van der Waals surface area (Å²) >= 11 is 12.7. The zero-order valence-electron chi connectivity index (χ0n) is 25.4. The summed E-state index contributed by atoms with van der Waals surface area (Å²) in [5, 5.41) is 6.65. The molecule has 3 aromatic rings. The van der Waals surface area contributed by atoms with E-state index < -0.39 is 0 Å². The first-order valence-corrected chi connectivity index (χ1v) is 15.9. The van der Waals surface area contributed by atoms with Crippen LogP contribution >= 0.6 is 23.2 Å². The molecule has 0 unspecified atom stereocenters. The molecule has 2 saturated heterocycles. The Morgan fingerprint density at radius 1 is 0.977 bits per heavy atom. The van der Waals surface area contributed by atoms with Gasteiger partial charge in [0.05, 0.1) is 18.5 Å². The molecule has 5 rings (SSSR count). The van der Waals surface area contributed by atoms with Crippen LogP contribution in [0, 0.1) is 5.92 Å². The highest BCUT2D eigenvalue weighted by molar-refractivity contribution is 6.35. The molecule has 0 atom stereocenters. The van der Waals surface area contributed by atoms with Gasteiger partial charge in [0.15, 0.2) is 0 Å². The number of nitrogens with zero attached hydrogens (tertiary/aromatic N) is 5. The first-order valence-electron chi connectivity index (χ1n) is 15.1. The predicted octanol–water partition coefficient (Wildman–Crippen LogP) is 5.15. The van der Waals surface area contributed by atoms with Crippen molar-refractivity contribution in [2.24, 2.45) is 5.92 Å². The van der Waals surface area contributed by atoms with Crippen molar-refractivity contribution in [3.63, 3.8) is 0 Å². The molecule has 2 amide bonds. The molecule has 2 aliphatic rings. The summed E-state index contributed by atoms with van der Waals surface area (Å²) in [7, 11) is 3.37. The van der Waals surface area contributed by atoms with E-state index in [-0.39, 0.29) is 6.03 Å². The molecule has 0 aliphatic carbocycles. The van der Waals surface area contributed by atoms with Crippen molar-refractivity contribution in [2.45, 2.75) is 19.4 Å². The SMILES string of the molecule is CNC(=O)NCC1CCN(Cc2cc(Oc3ccc(N4CCN(CCOC)CC4)nc3)nc(-c3cc(Cl)cc(Cl)c3)c2)CC1. The second kappa shape index (κ2) is 15.7. The van der Waals surface area contributed by atoms with E-state index in [9.17, 15) is 4.79 Å². The summed E-state index contributed by atoms with van der Waals surface area (Å²) in [6.07, 6.45) is 3.80. The minimum Gasteiger partial charge on any atom is -0.437 e. The number of piperazine rings is 1. The molecule has 44 heavy (non-hydrogen) atoms. The van der Waals surface area contributed by atoms with Crippen LogP contribution < -0.4 is 20.3 Å². The number of urea groups is 1. The molecule has 12 heteroatoms. The number of carbonyl (C=O) groups excluding carboxylic acids is 1. The normalized spacial score (nSPS) is 16.6. The minimum atomic E-state index is -0.133. The molecule has 2 N–H and O–H groups in total. The van der Waals surface area contributed by atoms with Crippen LogP contribution in [0.3, 0.4) is 0 Å². The number of likely N-dealkylation sites (tertiary alicyclic amines) is 1. The molecule has 4 heterocycles. The summed E-state index contributed by atoms with van der Waals surface area (Å²) in [4.78, 5) is 28.2. The Bertz CT molecular complexity index is 1360. The maximum atomic E-state index is 11.6. The molecule has 2 aliphatic heterocycles. The molecule has 1 aromatic carbocycles. The highest BCUT2D eigenvalue weighted by Gasteiger charge is 2.21. The summed E-state index contributed by atoms with van der Waals surface area (Å²) < 4.78 is 11.5. The average molecular weight is 643 g/mol. The molecule has 0 radical (unpaired) electrons. The summed E-state index contributed by atoms with van der Waals surface area (Å²) in [6, 6.07) is 13.3.